The quantitative estimate of drug-likeness (QED) is 0.630. The van der Waals surface area contributed by atoms with Gasteiger partial charge in [0.1, 0.15) is 0 Å². The molecule has 1 atom stereocenters. The minimum atomic E-state index is -4.06. The van der Waals surface area contributed by atoms with E-state index in [0.29, 0.717) is 11.3 Å². The number of hydrogen-bond donors (Lipinski definition) is 2. The lowest BCUT2D eigenvalue weighted by atomic mass is 10.0. The van der Waals surface area contributed by atoms with Gasteiger partial charge in [-0.2, -0.15) is 8.42 Å². The molecule has 0 radical (unpaired) electrons. The zero-order valence-corrected chi connectivity index (χ0v) is 10.8. The Morgan fingerprint density at radius 2 is 2.11 bits per heavy atom. The second kappa shape index (κ2) is 5.79. The number of carbonyl (C=O) groups is 1. The van der Waals surface area contributed by atoms with Crippen LogP contribution >= 0.6 is 0 Å². The van der Waals surface area contributed by atoms with E-state index in [1.165, 1.54) is 0 Å². The Balaban J connectivity index is 3.01. The van der Waals surface area contributed by atoms with Crippen molar-refractivity contribution in [3.63, 3.8) is 0 Å². The minimum absolute atomic E-state index is 0.374. The molecule has 0 aliphatic heterocycles. The predicted molar refractivity (Wildman–Crippen MR) is 70.1 cm³/mol. The molecular weight excluding hydrogens is 254 g/mol. The first-order valence-corrected chi connectivity index (χ1v) is 6.92. The first kappa shape index (κ1) is 14.4. The number of rotatable bonds is 5. The Morgan fingerprint density at radius 3 is 2.67 bits per heavy atom. The Kier molecular flexibility index (Phi) is 4.63. The molecule has 5 nitrogen and oxygen atoms in total. The van der Waals surface area contributed by atoms with Gasteiger partial charge in [-0.25, -0.2) is 0 Å². The van der Waals surface area contributed by atoms with Gasteiger partial charge in [0.05, 0.1) is 5.75 Å². The van der Waals surface area contributed by atoms with E-state index in [4.69, 9.17) is 4.55 Å². The van der Waals surface area contributed by atoms with Gasteiger partial charge in [0.15, 0.2) is 0 Å². The van der Waals surface area contributed by atoms with Crippen molar-refractivity contribution in [2.24, 2.45) is 0 Å². The standard InChI is InChI=1S/C12H15NO4S/c1-3-12(14)13-11-7-5-4-6-10(11)9(2)8-18(15,16)17/h3-7,9H,1,8H2,2H3,(H,13,14)(H,15,16,17). The van der Waals surface area contributed by atoms with Gasteiger partial charge in [-0.05, 0) is 23.6 Å². The fraction of sp³-hybridized carbons (Fsp3) is 0.250. The van der Waals surface area contributed by atoms with E-state index in [9.17, 15) is 13.2 Å². The summed E-state index contributed by atoms with van der Waals surface area (Å²) in [6.45, 7) is 5.00. The third-order valence-corrected chi connectivity index (χ3v) is 3.32. The highest BCUT2D eigenvalue weighted by Gasteiger charge is 2.17. The van der Waals surface area contributed by atoms with Crippen LogP contribution in [-0.4, -0.2) is 24.6 Å². The molecule has 0 aliphatic rings. The molecule has 6 heteroatoms. The second-order valence-corrected chi connectivity index (χ2v) is 5.43. The fourth-order valence-corrected chi connectivity index (χ4v) is 2.44. The second-order valence-electron chi connectivity index (χ2n) is 3.93. The number of hydrogen-bond acceptors (Lipinski definition) is 3. The van der Waals surface area contributed by atoms with Gasteiger partial charge in [0.25, 0.3) is 10.1 Å². The van der Waals surface area contributed by atoms with Crippen molar-refractivity contribution >= 4 is 21.7 Å². The molecule has 2 N–H and O–H groups in total. The number of para-hydroxylation sites is 1. The summed E-state index contributed by atoms with van der Waals surface area (Å²) >= 11 is 0. The molecule has 98 valence electrons. The Hall–Kier alpha value is -1.66. The number of nitrogens with one attached hydrogen (secondary N) is 1. The largest absolute Gasteiger partial charge is 0.322 e. The smallest absolute Gasteiger partial charge is 0.265 e. The monoisotopic (exact) mass is 269 g/mol. The van der Waals surface area contributed by atoms with Crippen molar-refractivity contribution in [1.29, 1.82) is 0 Å². The van der Waals surface area contributed by atoms with E-state index >= 15 is 0 Å². The number of benzene rings is 1. The number of amides is 1. The first-order chi connectivity index (χ1) is 8.33. The van der Waals surface area contributed by atoms with E-state index in [1.54, 1.807) is 31.2 Å². The molecule has 0 heterocycles. The van der Waals surface area contributed by atoms with Crippen molar-refractivity contribution in [3.05, 3.63) is 42.5 Å². The summed E-state index contributed by atoms with van der Waals surface area (Å²) in [6.07, 6.45) is 1.13. The third kappa shape index (κ3) is 4.31. The SMILES string of the molecule is C=CC(=O)Nc1ccccc1C(C)CS(=O)(=O)O. The van der Waals surface area contributed by atoms with Gasteiger partial charge in [0, 0.05) is 5.69 Å². The van der Waals surface area contributed by atoms with Gasteiger partial charge in [-0.3, -0.25) is 9.35 Å². The molecular formula is C12H15NO4S. The van der Waals surface area contributed by atoms with Crippen LogP contribution in [0.4, 0.5) is 5.69 Å². The Morgan fingerprint density at radius 1 is 1.50 bits per heavy atom. The summed E-state index contributed by atoms with van der Waals surface area (Å²) < 4.78 is 30.6. The van der Waals surface area contributed by atoms with Crippen LogP contribution in [0.25, 0.3) is 0 Å². The van der Waals surface area contributed by atoms with Gasteiger partial charge in [-0.15, -0.1) is 0 Å². The van der Waals surface area contributed by atoms with Crippen molar-refractivity contribution in [1.82, 2.24) is 0 Å². The predicted octanol–water partition coefficient (Wildman–Crippen LogP) is 1.80. The summed E-state index contributed by atoms with van der Waals surface area (Å²) in [7, 11) is -4.06. The summed E-state index contributed by atoms with van der Waals surface area (Å²) in [4.78, 5) is 11.2. The van der Waals surface area contributed by atoms with E-state index < -0.39 is 21.8 Å². The summed E-state index contributed by atoms with van der Waals surface area (Å²) in [5.74, 6) is -1.20. The fourth-order valence-electron chi connectivity index (χ4n) is 1.63. The molecule has 1 unspecified atom stereocenters. The average molecular weight is 269 g/mol. The van der Waals surface area contributed by atoms with Gasteiger partial charge in [-0.1, -0.05) is 31.7 Å². The van der Waals surface area contributed by atoms with Crippen LogP contribution in [0.2, 0.25) is 0 Å². The van der Waals surface area contributed by atoms with Crippen LogP contribution in [0.1, 0.15) is 18.4 Å². The van der Waals surface area contributed by atoms with Crippen LogP contribution in [-0.2, 0) is 14.9 Å². The molecule has 1 aromatic carbocycles. The Labute approximate surface area is 106 Å². The minimum Gasteiger partial charge on any atom is -0.322 e. The lowest BCUT2D eigenvalue weighted by Crippen LogP contribution is -2.15. The lowest BCUT2D eigenvalue weighted by Gasteiger charge is -2.15. The molecule has 0 aliphatic carbocycles. The topological polar surface area (TPSA) is 83.5 Å². The summed E-state index contributed by atoms with van der Waals surface area (Å²) in [6, 6.07) is 6.83. The zero-order chi connectivity index (χ0) is 13.8. The van der Waals surface area contributed by atoms with Crippen molar-refractivity contribution in [2.75, 3.05) is 11.1 Å². The van der Waals surface area contributed by atoms with Gasteiger partial charge >= 0.3 is 0 Å². The zero-order valence-electron chi connectivity index (χ0n) is 9.96. The maximum absolute atomic E-state index is 11.2. The van der Waals surface area contributed by atoms with E-state index in [2.05, 4.69) is 11.9 Å². The van der Waals surface area contributed by atoms with Crippen LogP contribution in [0.3, 0.4) is 0 Å². The Bertz CT molecular complexity index is 551. The van der Waals surface area contributed by atoms with Crippen LogP contribution < -0.4 is 5.32 Å². The van der Waals surface area contributed by atoms with Gasteiger partial charge in [0.2, 0.25) is 5.91 Å². The molecule has 0 fully saturated rings. The summed E-state index contributed by atoms with van der Waals surface area (Å²) in [5.41, 5.74) is 1.16. The lowest BCUT2D eigenvalue weighted by molar-refractivity contribution is -0.111. The van der Waals surface area contributed by atoms with Crippen LogP contribution in [0.5, 0.6) is 0 Å². The maximum atomic E-state index is 11.2. The summed E-state index contributed by atoms with van der Waals surface area (Å²) in [5, 5.41) is 2.59. The first-order valence-electron chi connectivity index (χ1n) is 5.31. The number of anilines is 1. The highest BCUT2D eigenvalue weighted by molar-refractivity contribution is 7.85. The van der Waals surface area contributed by atoms with E-state index in [1.807, 2.05) is 0 Å². The van der Waals surface area contributed by atoms with Crippen LogP contribution in [0, 0.1) is 0 Å². The van der Waals surface area contributed by atoms with Crippen molar-refractivity contribution in [3.8, 4) is 0 Å². The normalized spacial score (nSPS) is 12.8. The third-order valence-electron chi connectivity index (χ3n) is 2.40. The molecule has 0 saturated carbocycles. The molecule has 1 amide bonds. The highest BCUT2D eigenvalue weighted by Crippen LogP contribution is 2.25. The molecule has 18 heavy (non-hydrogen) atoms. The highest BCUT2D eigenvalue weighted by atomic mass is 32.2. The average Bonchev–Trinajstić information content (AvgIpc) is 2.27. The molecule has 1 rings (SSSR count). The molecule has 0 saturated heterocycles. The number of carbonyl (C=O) groups excluding carboxylic acids is 1. The van der Waals surface area contributed by atoms with E-state index in [-0.39, 0.29) is 5.91 Å². The molecule has 0 spiro atoms. The maximum Gasteiger partial charge on any atom is 0.265 e. The van der Waals surface area contributed by atoms with Crippen LogP contribution in [0.15, 0.2) is 36.9 Å². The van der Waals surface area contributed by atoms with E-state index in [0.717, 1.165) is 6.08 Å². The van der Waals surface area contributed by atoms with Crippen molar-refractivity contribution in [2.45, 2.75) is 12.8 Å². The van der Waals surface area contributed by atoms with Crippen molar-refractivity contribution < 1.29 is 17.8 Å². The molecule has 1 aromatic rings. The molecule has 0 aromatic heterocycles. The molecule has 0 bridgehead atoms. The van der Waals surface area contributed by atoms with Gasteiger partial charge < -0.3 is 5.32 Å².